The molecule has 1 amide bonds. The molecule has 2 heterocycles. The van der Waals surface area contributed by atoms with E-state index in [0.29, 0.717) is 17.6 Å². The van der Waals surface area contributed by atoms with Gasteiger partial charge in [0.2, 0.25) is 5.91 Å². The van der Waals surface area contributed by atoms with Gasteiger partial charge in [-0.1, -0.05) is 19.1 Å². The molecule has 168 valence electrons. The lowest BCUT2D eigenvalue weighted by Crippen LogP contribution is -2.39. The van der Waals surface area contributed by atoms with Crippen molar-refractivity contribution >= 4 is 44.2 Å². The molecule has 0 bridgehead atoms. The Hall–Kier alpha value is -2.85. The van der Waals surface area contributed by atoms with E-state index >= 15 is 0 Å². The van der Waals surface area contributed by atoms with Gasteiger partial charge >= 0.3 is 11.1 Å². The first-order chi connectivity index (χ1) is 15.1. The highest BCUT2D eigenvalue weighted by molar-refractivity contribution is 8.00. The van der Waals surface area contributed by atoms with Crippen LogP contribution in [0.1, 0.15) is 13.3 Å². The van der Waals surface area contributed by atoms with E-state index in [9.17, 15) is 22.8 Å². The maximum absolute atomic E-state index is 13.0. The number of rotatable bonds is 4. The number of fused-ring (bicyclic) bond motifs is 2. The fraction of sp³-hybridized carbons (Fsp3) is 0.318. The Morgan fingerprint density at radius 1 is 1.03 bits per heavy atom. The monoisotopic (exact) mass is 473 g/mol. The predicted octanol–water partition coefficient (Wildman–Crippen LogP) is 1.93. The van der Waals surface area contributed by atoms with Crippen LogP contribution in [0.2, 0.25) is 0 Å². The van der Waals surface area contributed by atoms with E-state index in [1.165, 1.54) is 36.9 Å². The second kappa shape index (κ2) is 8.25. The molecule has 1 aliphatic heterocycles. The minimum atomic E-state index is -3.78. The van der Waals surface area contributed by atoms with Gasteiger partial charge in [0.05, 0.1) is 27.4 Å². The van der Waals surface area contributed by atoms with Crippen LogP contribution >= 0.6 is 11.8 Å². The number of benzene rings is 2. The highest BCUT2D eigenvalue weighted by Gasteiger charge is 2.28. The normalized spacial score (nSPS) is 16.2. The van der Waals surface area contributed by atoms with E-state index < -0.39 is 21.0 Å². The number of sulfone groups is 1. The van der Waals surface area contributed by atoms with Crippen LogP contribution in [0.5, 0.6) is 0 Å². The van der Waals surface area contributed by atoms with Gasteiger partial charge in [0.25, 0.3) is 0 Å². The lowest BCUT2D eigenvalue weighted by molar-refractivity contribution is -0.118. The number of hydrogen-bond acceptors (Lipinski definition) is 6. The standard InChI is InChI=1S/C22H23N3O5S2/c1-14-13-25(17-6-4-5-7-19(17)31-14)20(26)10-11-32(29,30)15-8-9-16-18(12-15)24(3)22(28)21(27)23(16)2/h4-9,12,14H,10-11,13H2,1-3H3/t14-/m1/s1. The third kappa shape index (κ3) is 3.88. The fourth-order valence-corrected chi connectivity index (χ4v) is 6.21. The minimum Gasteiger partial charge on any atom is -0.310 e. The number of para-hydroxylation sites is 1. The van der Waals surface area contributed by atoms with E-state index in [2.05, 4.69) is 0 Å². The molecule has 10 heteroatoms. The number of hydrogen-bond donors (Lipinski definition) is 0. The van der Waals surface area contributed by atoms with Crippen molar-refractivity contribution in [2.45, 2.75) is 28.4 Å². The summed E-state index contributed by atoms with van der Waals surface area (Å²) >= 11 is 1.69. The van der Waals surface area contributed by atoms with Gasteiger partial charge in [0.1, 0.15) is 0 Å². The maximum atomic E-state index is 13.0. The molecule has 3 aromatic rings. The van der Waals surface area contributed by atoms with E-state index in [1.807, 2.05) is 31.2 Å². The van der Waals surface area contributed by atoms with Gasteiger partial charge < -0.3 is 14.0 Å². The zero-order valence-corrected chi connectivity index (χ0v) is 19.6. The Morgan fingerprint density at radius 2 is 1.69 bits per heavy atom. The smallest absolute Gasteiger partial charge is 0.310 e. The Kier molecular flexibility index (Phi) is 5.76. The largest absolute Gasteiger partial charge is 0.316 e. The summed E-state index contributed by atoms with van der Waals surface area (Å²) < 4.78 is 28.3. The number of anilines is 1. The summed E-state index contributed by atoms with van der Waals surface area (Å²) in [6.07, 6.45) is -0.154. The average molecular weight is 474 g/mol. The quantitative estimate of drug-likeness (QED) is 0.537. The summed E-state index contributed by atoms with van der Waals surface area (Å²) in [5.74, 6) is -0.596. The van der Waals surface area contributed by atoms with Crippen molar-refractivity contribution in [2.24, 2.45) is 14.1 Å². The number of amides is 1. The van der Waals surface area contributed by atoms with Crippen molar-refractivity contribution in [3.05, 3.63) is 63.2 Å². The summed E-state index contributed by atoms with van der Waals surface area (Å²) in [6.45, 7) is 2.55. The number of carbonyl (C=O) groups excluding carboxylic acids is 1. The number of nitrogens with zero attached hydrogens (tertiary/aromatic N) is 3. The Balaban J connectivity index is 1.60. The Labute approximate surface area is 189 Å². The minimum absolute atomic E-state index is 0.00872. The Morgan fingerprint density at radius 3 is 2.41 bits per heavy atom. The molecule has 32 heavy (non-hydrogen) atoms. The molecule has 0 aliphatic carbocycles. The third-order valence-corrected chi connectivity index (χ3v) is 8.49. The SMILES string of the molecule is C[C@@H]1CN(C(=O)CCS(=O)(=O)c2ccc3c(c2)n(C)c(=O)c(=O)n3C)c2ccccc2S1. The summed E-state index contributed by atoms with van der Waals surface area (Å²) in [5, 5.41) is 0.207. The van der Waals surface area contributed by atoms with Gasteiger partial charge in [-0.3, -0.25) is 14.4 Å². The lowest BCUT2D eigenvalue weighted by atomic mass is 10.2. The maximum Gasteiger partial charge on any atom is 0.316 e. The molecule has 1 atom stereocenters. The van der Waals surface area contributed by atoms with Crippen LogP contribution in [-0.4, -0.2) is 41.0 Å². The average Bonchev–Trinajstić information content (AvgIpc) is 2.78. The van der Waals surface area contributed by atoms with Crippen LogP contribution in [0.15, 0.2) is 61.8 Å². The van der Waals surface area contributed by atoms with Crippen LogP contribution in [0.25, 0.3) is 11.0 Å². The van der Waals surface area contributed by atoms with E-state index in [-0.39, 0.29) is 28.2 Å². The van der Waals surface area contributed by atoms with Crippen LogP contribution in [-0.2, 0) is 28.7 Å². The topological polar surface area (TPSA) is 98.5 Å². The second-order valence-corrected chi connectivity index (χ2v) is 11.4. The molecule has 0 saturated carbocycles. The van der Waals surface area contributed by atoms with Gasteiger partial charge in [0, 0.05) is 37.2 Å². The number of aromatic nitrogens is 2. The highest BCUT2D eigenvalue weighted by atomic mass is 32.2. The molecule has 0 spiro atoms. The first-order valence-corrected chi connectivity index (χ1v) is 12.6. The van der Waals surface area contributed by atoms with Crippen molar-refractivity contribution in [3.63, 3.8) is 0 Å². The number of thioether (sulfide) groups is 1. The Bertz CT molecular complexity index is 1460. The molecule has 1 aromatic heterocycles. The highest BCUT2D eigenvalue weighted by Crippen LogP contribution is 2.38. The molecule has 2 aromatic carbocycles. The zero-order chi connectivity index (χ0) is 23.2. The van der Waals surface area contributed by atoms with Crippen LogP contribution in [0, 0.1) is 0 Å². The number of aryl methyl sites for hydroxylation is 2. The van der Waals surface area contributed by atoms with Gasteiger partial charge in [-0.2, -0.15) is 0 Å². The van der Waals surface area contributed by atoms with Gasteiger partial charge in [-0.05, 0) is 30.3 Å². The molecule has 0 fully saturated rings. The van der Waals surface area contributed by atoms with Gasteiger partial charge in [-0.25, -0.2) is 8.42 Å². The predicted molar refractivity (Wildman–Crippen MR) is 125 cm³/mol. The molecule has 0 unspecified atom stereocenters. The van der Waals surface area contributed by atoms with Crippen molar-refractivity contribution in [2.75, 3.05) is 17.2 Å². The molecule has 0 radical (unpaired) electrons. The van der Waals surface area contributed by atoms with Crippen molar-refractivity contribution < 1.29 is 13.2 Å². The molecule has 0 saturated heterocycles. The lowest BCUT2D eigenvalue weighted by Gasteiger charge is -2.32. The molecule has 8 nitrogen and oxygen atoms in total. The van der Waals surface area contributed by atoms with Gasteiger partial charge in [0.15, 0.2) is 9.84 Å². The van der Waals surface area contributed by atoms with Crippen molar-refractivity contribution in [1.29, 1.82) is 0 Å². The first-order valence-electron chi connectivity index (χ1n) is 10.1. The van der Waals surface area contributed by atoms with E-state index in [4.69, 9.17) is 0 Å². The summed E-state index contributed by atoms with van der Waals surface area (Å²) in [7, 11) is -0.888. The second-order valence-electron chi connectivity index (χ2n) is 7.85. The van der Waals surface area contributed by atoms with Crippen molar-refractivity contribution in [1.82, 2.24) is 9.13 Å². The molecule has 1 aliphatic rings. The molecule has 4 rings (SSSR count). The van der Waals surface area contributed by atoms with Crippen LogP contribution in [0.3, 0.4) is 0 Å². The summed E-state index contributed by atoms with van der Waals surface area (Å²) in [6, 6.07) is 11.9. The van der Waals surface area contributed by atoms with Crippen LogP contribution in [0.4, 0.5) is 5.69 Å². The third-order valence-electron chi connectivity index (χ3n) is 5.63. The van der Waals surface area contributed by atoms with Crippen molar-refractivity contribution in [3.8, 4) is 0 Å². The van der Waals surface area contributed by atoms with E-state index in [0.717, 1.165) is 15.1 Å². The zero-order valence-electron chi connectivity index (χ0n) is 17.9. The number of carbonyl (C=O) groups is 1. The van der Waals surface area contributed by atoms with E-state index in [1.54, 1.807) is 16.7 Å². The molecule has 0 N–H and O–H groups in total. The first kappa shape index (κ1) is 22.3. The van der Waals surface area contributed by atoms with Gasteiger partial charge in [-0.15, -0.1) is 11.8 Å². The fourth-order valence-electron chi connectivity index (χ4n) is 3.85. The molecular weight excluding hydrogens is 450 g/mol. The van der Waals surface area contributed by atoms with Crippen LogP contribution < -0.4 is 16.0 Å². The summed E-state index contributed by atoms with van der Waals surface area (Å²) in [4.78, 5) is 39.7. The molecular formula is C22H23N3O5S2. The summed E-state index contributed by atoms with van der Waals surface area (Å²) in [5.41, 5.74) is 0.166.